The molecule has 0 bridgehead atoms. The number of aromatic nitrogens is 2. The van der Waals surface area contributed by atoms with Crippen LogP contribution in [-0.2, 0) is 6.54 Å². The Labute approximate surface area is 171 Å². The van der Waals surface area contributed by atoms with Crippen molar-refractivity contribution in [1.82, 2.24) is 9.55 Å². The first-order valence-electron chi connectivity index (χ1n) is 9.16. The van der Waals surface area contributed by atoms with E-state index in [-0.39, 0.29) is 16.6 Å². The van der Waals surface area contributed by atoms with Gasteiger partial charge in [-0.25, -0.2) is 4.98 Å². The zero-order valence-corrected chi connectivity index (χ0v) is 16.7. The lowest BCUT2D eigenvalue weighted by atomic mass is 10.1. The number of methoxy groups -OCH3 is 3. The molecular formula is C21H19N3O6. The molecule has 9 heteroatoms. The van der Waals surface area contributed by atoms with Crippen LogP contribution in [0.3, 0.4) is 0 Å². The second-order valence-corrected chi connectivity index (χ2v) is 6.73. The molecule has 0 atom stereocenters. The number of hydrogen-bond donors (Lipinski definition) is 0. The highest BCUT2D eigenvalue weighted by molar-refractivity contribution is 5.86. The summed E-state index contributed by atoms with van der Waals surface area (Å²) >= 11 is 0. The summed E-state index contributed by atoms with van der Waals surface area (Å²) in [6.45, 7) is 0.454. The van der Waals surface area contributed by atoms with Gasteiger partial charge in [0.15, 0.2) is 11.5 Å². The third-order valence-electron chi connectivity index (χ3n) is 5.07. The summed E-state index contributed by atoms with van der Waals surface area (Å²) in [5.74, 6) is 2.10. The molecule has 1 aliphatic rings. The smallest absolute Gasteiger partial charge is 0.270 e. The lowest BCUT2D eigenvalue weighted by Gasteiger charge is -2.13. The van der Waals surface area contributed by atoms with E-state index in [4.69, 9.17) is 14.2 Å². The number of rotatable bonds is 5. The van der Waals surface area contributed by atoms with Crippen LogP contribution in [0.15, 0.2) is 35.1 Å². The van der Waals surface area contributed by atoms with Gasteiger partial charge in [0.2, 0.25) is 5.75 Å². The van der Waals surface area contributed by atoms with E-state index in [1.54, 1.807) is 18.8 Å². The van der Waals surface area contributed by atoms with Crippen LogP contribution in [0.4, 0.5) is 5.69 Å². The van der Waals surface area contributed by atoms with E-state index in [1.807, 2.05) is 18.2 Å². The van der Waals surface area contributed by atoms with Crippen LogP contribution in [-0.4, -0.2) is 35.8 Å². The van der Waals surface area contributed by atoms with Gasteiger partial charge in [-0.2, -0.15) is 0 Å². The van der Waals surface area contributed by atoms with Gasteiger partial charge in [0.25, 0.3) is 11.2 Å². The van der Waals surface area contributed by atoms with E-state index in [0.717, 1.165) is 11.1 Å². The molecule has 0 saturated carbocycles. The zero-order valence-electron chi connectivity index (χ0n) is 16.7. The van der Waals surface area contributed by atoms with Crippen molar-refractivity contribution in [3.63, 3.8) is 0 Å². The lowest BCUT2D eigenvalue weighted by molar-refractivity contribution is -0.384. The molecule has 3 aromatic rings. The molecule has 0 aliphatic carbocycles. The van der Waals surface area contributed by atoms with Crippen molar-refractivity contribution < 1.29 is 19.1 Å². The van der Waals surface area contributed by atoms with Crippen molar-refractivity contribution in [2.45, 2.75) is 13.0 Å². The highest BCUT2D eigenvalue weighted by Crippen LogP contribution is 2.39. The summed E-state index contributed by atoms with van der Waals surface area (Å²) in [6.07, 6.45) is 2.53. The van der Waals surface area contributed by atoms with Crippen LogP contribution in [0, 0.1) is 10.1 Å². The number of nitro benzene ring substituents is 1. The molecule has 2 aromatic carbocycles. The van der Waals surface area contributed by atoms with Crippen molar-refractivity contribution in [3.05, 3.63) is 62.2 Å². The van der Waals surface area contributed by atoms with Crippen LogP contribution in [0.1, 0.15) is 17.8 Å². The maximum absolute atomic E-state index is 12.9. The van der Waals surface area contributed by atoms with Gasteiger partial charge in [-0.3, -0.25) is 19.5 Å². The average molecular weight is 409 g/mol. The van der Waals surface area contributed by atoms with E-state index in [9.17, 15) is 14.9 Å². The second kappa shape index (κ2) is 7.51. The largest absolute Gasteiger partial charge is 0.493 e. The number of ether oxygens (including phenoxy) is 3. The zero-order chi connectivity index (χ0) is 21.4. The van der Waals surface area contributed by atoms with Crippen LogP contribution < -0.4 is 19.8 Å². The van der Waals surface area contributed by atoms with E-state index in [0.29, 0.717) is 41.6 Å². The van der Waals surface area contributed by atoms with E-state index < -0.39 is 4.92 Å². The first kappa shape index (κ1) is 19.4. The van der Waals surface area contributed by atoms with Gasteiger partial charge in [-0.1, -0.05) is 0 Å². The molecule has 0 saturated heterocycles. The highest BCUT2D eigenvalue weighted by atomic mass is 16.6. The van der Waals surface area contributed by atoms with Gasteiger partial charge >= 0.3 is 0 Å². The van der Waals surface area contributed by atoms with Crippen molar-refractivity contribution in [1.29, 1.82) is 0 Å². The molecule has 0 N–H and O–H groups in total. The number of fused-ring (bicyclic) bond motifs is 2. The van der Waals surface area contributed by atoms with Crippen molar-refractivity contribution in [3.8, 4) is 17.2 Å². The fourth-order valence-corrected chi connectivity index (χ4v) is 3.64. The molecule has 1 aromatic heterocycles. The summed E-state index contributed by atoms with van der Waals surface area (Å²) in [7, 11) is 4.63. The predicted molar refractivity (Wildman–Crippen MR) is 111 cm³/mol. The summed E-state index contributed by atoms with van der Waals surface area (Å²) in [6, 6.07) is 7.77. The van der Waals surface area contributed by atoms with Crippen LogP contribution in [0.2, 0.25) is 0 Å². The van der Waals surface area contributed by atoms with Crippen LogP contribution in [0.25, 0.3) is 22.6 Å². The maximum Gasteiger partial charge on any atom is 0.270 e. The van der Waals surface area contributed by atoms with Crippen molar-refractivity contribution in [2.24, 2.45) is 0 Å². The number of benzene rings is 2. The Morgan fingerprint density at radius 3 is 2.40 bits per heavy atom. The summed E-state index contributed by atoms with van der Waals surface area (Å²) in [5.41, 5.74) is 1.70. The van der Waals surface area contributed by atoms with E-state index >= 15 is 0 Å². The monoisotopic (exact) mass is 409 g/mol. The fraction of sp³-hybridized carbons (Fsp3) is 0.238. The minimum atomic E-state index is -0.521. The maximum atomic E-state index is 12.9. The molecule has 0 amide bonds. The molecule has 1 aliphatic heterocycles. The van der Waals surface area contributed by atoms with Gasteiger partial charge in [0.1, 0.15) is 5.82 Å². The third kappa shape index (κ3) is 3.14. The number of nitrogens with zero attached hydrogens (tertiary/aromatic N) is 3. The van der Waals surface area contributed by atoms with Crippen LogP contribution in [0.5, 0.6) is 17.2 Å². The fourth-order valence-electron chi connectivity index (χ4n) is 3.64. The third-order valence-corrected chi connectivity index (χ3v) is 5.07. The van der Waals surface area contributed by atoms with Gasteiger partial charge in [-0.15, -0.1) is 0 Å². The Morgan fingerprint density at radius 2 is 1.80 bits per heavy atom. The first-order chi connectivity index (χ1) is 14.5. The Hall–Kier alpha value is -3.88. The molecule has 0 radical (unpaired) electrons. The van der Waals surface area contributed by atoms with Crippen LogP contribution >= 0.6 is 0 Å². The normalized spacial score (nSPS) is 14.0. The summed E-state index contributed by atoms with van der Waals surface area (Å²) < 4.78 is 17.7. The molecule has 2 heterocycles. The molecule has 0 fully saturated rings. The summed E-state index contributed by atoms with van der Waals surface area (Å²) in [4.78, 5) is 28.0. The Kier molecular flexibility index (Phi) is 4.86. The molecule has 9 nitrogen and oxygen atoms in total. The van der Waals surface area contributed by atoms with Gasteiger partial charge in [-0.05, 0) is 41.8 Å². The topological polar surface area (TPSA) is 106 Å². The number of hydrogen-bond acceptors (Lipinski definition) is 7. The minimum Gasteiger partial charge on any atom is -0.493 e. The molecule has 0 unspecified atom stereocenters. The van der Waals surface area contributed by atoms with E-state index in [1.165, 1.54) is 25.3 Å². The Bertz CT molecular complexity index is 1240. The van der Waals surface area contributed by atoms with Crippen molar-refractivity contribution >= 4 is 28.2 Å². The van der Waals surface area contributed by atoms with Gasteiger partial charge in [0.05, 0.1) is 37.2 Å². The molecule has 4 rings (SSSR count). The van der Waals surface area contributed by atoms with Gasteiger partial charge < -0.3 is 14.2 Å². The number of nitro groups is 1. The first-order valence-corrected chi connectivity index (χ1v) is 9.16. The lowest BCUT2D eigenvalue weighted by Crippen LogP contribution is -2.20. The minimum absolute atomic E-state index is 0.131. The SMILES string of the molecule is COc1cc(/C=C2\CCn3c2nc2ccc([N+](=O)[O-])cc2c3=O)cc(OC)c1OC. The number of non-ortho nitro benzene ring substituents is 1. The quantitative estimate of drug-likeness (QED) is 0.470. The summed E-state index contributed by atoms with van der Waals surface area (Å²) in [5, 5.41) is 11.3. The predicted octanol–water partition coefficient (Wildman–Crippen LogP) is 3.27. The molecule has 154 valence electrons. The Balaban J connectivity index is 1.84. The Morgan fingerprint density at radius 1 is 1.10 bits per heavy atom. The molecule has 0 spiro atoms. The van der Waals surface area contributed by atoms with Gasteiger partial charge in [0, 0.05) is 18.7 Å². The molecular weight excluding hydrogens is 390 g/mol. The highest BCUT2D eigenvalue weighted by Gasteiger charge is 2.22. The average Bonchev–Trinajstić information content (AvgIpc) is 3.15. The number of allylic oxidation sites excluding steroid dienone is 1. The molecule has 30 heavy (non-hydrogen) atoms. The van der Waals surface area contributed by atoms with Crippen molar-refractivity contribution in [2.75, 3.05) is 21.3 Å². The second-order valence-electron chi connectivity index (χ2n) is 6.73. The standard InChI is InChI=1S/C21H19N3O6/c1-28-17-9-12(10-18(29-2)19(17)30-3)8-13-6-7-23-20(13)22-16-5-4-14(24(26)27)11-15(16)21(23)25/h4-5,8-11H,6-7H2,1-3H3/b13-8+. The van der Waals surface area contributed by atoms with E-state index in [2.05, 4.69) is 4.98 Å².